The van der Waals surface area contributed by atoms with E-state index in [1.54, 1.807) is 17.0 Å². The molecule has 1 aliphatic rings. The highest BCUT2D eigenvalue weighted by Gasteiger charge is 2.33. The molecule has 1 fully saturated rings. The van der Waals surface area contributed by atoms with Crippen molar-refractivity contribution in [3.8, 4) is 17.6 Å². The summed E-state index contributed by atoms with van der Waals surface area (Å²) in [5.74, 6) is 0.189. The monoisotopic (exact) mass is 260 g/mol. The average Bonchev–Trinajstić information content (AvgIpc) is 3.23. The summed E-state index contributed by atoms with van der Waals surface area (Å²) in [4.78, 5) is 14.0. The van der Waals surface area contributed by atoms with Gasteiger partial charge in [-0.25, -0.2) is 0 Å². The lowest BCUT2D eigenvalue weighted by Gasteiger charge is -2.21. The van der Waals surface area contributed by atoms with E-state index in [2.05, 4.69) is 0 Å². The number of phenols is 1. The van der Waals surface area contributed by atoms with Crippen LogP contribution in [0.1, 0.15) is 29.6 Å². The van der Waals surface area contributed by atoms with Gasteiger partial charge in [-0.3, -0.25) is 4.79 Å². The second-order valence-corrected chi connectivity index (χ2v) is 4.52. The van der Waals surface area contributed by atoms with Gasteiger partial charge in [-0.05, 0) is 25.0 Å². The summed E-state index contributed by atoms with van der Waals surface area (Å²) in [6.07, 6.45) is 2.24. The molecule has 1 N–H and O–H groups in total. The number of benzene rings is 1. The number of nitrogens with zero attached hydrogens (tertiary/aromatic N) is 2. The second kappa shape index (κ2) is 5.61. The molecule has 0 radical (unpaired) electrons. The third-order valence-electron chi connectivity index (χ3n) is 3.15. The SMILES string of the molecule is COc1ccc(C(=O)N(CCC#N)C2CC2)c(O)c1. The van der Waals surface area contributed by atoms with Gasteiger partial charge in [0.25, 0.3) is 5.91 Å². The molecule has 0 atom stereocenters. The maximum atomic E-state index is 12.4. The van der Waals surface area contributed by atoms with E-state index in [1.165, 1.54) is 13.2 Å². The van der Waals surface area contributed by atoms with Crippen LogP contribution in [0, 0.1) is 11.3 Å². The van der Waals surface area contributed by atoms with Gasteiger partial charge in [0.05, 0.1) is 25.2 Å². The van der Waals surface area contributed by atoms with Crippen molar-refractivity contribution >= 4 is 5.91 Å². The predicted molar refractivity (Wildman–Crippen MR) is 68.9 cm³/mol. The van der Waals surface area contributed by atoms with Gasteiger partial charge >= 0.3 is 0 Å². The van der Waals surface area contributed by atoms with Gasteiger partial charge in [0, 0.05) is 18.7 Å². The highest BCUT2D eigenvalue weighted by molar-refractivity contribution is 5.97. The maximum absolute atomic E-state index is 12.4. The molecule has 2 rings (SSSR count). The van der Waals surface area contributed by atoms with E-state index in [1.807, 2.05) is 6.07 Å². The van der Waals surface area contributed by atoms with Crippen molar-refractivity contribution in [1.29, 1.82) is 5.26 Å². The Morgan fingerprint density at radius 1 is 1.58 bits per heavy atom. The van der Waals surface area contributed by atoms with Crippen LogP contribution in [0.25, 0.3) is 0 Å². The van der Waals surface area contributed by atoms with Crippen LogP contribution in [0.4, 0.5) is 0 Å². The van der Waals surface area contributed by atoms with Gasteiger partial charge < -0.3 is 14.7 Å². The third kappa shape index (κ3) is 2.97. The molecule has 5 nitrogen and oxygen atoms in total. The van der Waals surface area contributed by atoms with Gasteiger partial charge in [-0.15, -0.1) is 0 Å². The zero-order valence-electron chi connectivity index (χ0n) is 10.8. The molecule has 0 aliphatic heterocycles. The van der Waals surface area contributed by atoms with E-state index in [4.69, 9.17) is 10.00 Å². The number of carbonyl (C=O) groups excluding carboxylic acids is 1. The Labute approximate surface area is 112 Å². The van der Waals surface area contributed by atoms with E-state index >= 15 is 0 Å². The number of ether oxygens (including phenoxy) is 1. The lowest BCUT2D eigenvalue weighted by atomic mass is 10.1. The largest absolute Gasteiger partial charge is 0.507 e. The summed E-state index contributed by atoms with van der Waals surface area (Å²) in [6.45, 7) is 0.408. The highest BCUT2D eigenvalue weighted by Crippen LogP contribution is 2.31. The fraction of sp³-hybridized carbons (Fsp3) is 0.429. The lowest BCUT2D eigenvalue weighted by molar-refractivity contribution is 0.0743. The summed E-state index contributed by atoms with van der Waals surface area (Å²) in [5, 5.41) is 18.5. The van der Waals surface area contributed by atoms with Crippen LogP contribution >= 0.6 is 0 Å². The Morgan fingerprint density at radius 2 is 2.32 bits per heavy atom. The minimum absolute atomic E-state index is 0.0908. The molecular formula is C14H16N2O3. The number of rotatable bonds is 5. The number of methoxy groups -OCH3 is 1. The van der Waals surface area contributed by atoms with Crippen molar-refractivity contribution in [2.24, 2.45) is 0 Å². The molecule has 0 aromatic heterocycles. The number of amides is 1. The molecule has 1 aliphatic carbocycles. The van der Waals surface area contributed by atoms with E-state index in [-0.39, 0.29) is 23.3 Å². The van der Waals surface area contributed by atoms with E-state index in [0.717, 1.165) is 12.8 Å². The normalized spacial score (nSPS) is 13.7. The molecule has 19 heavy (non-hydrogen) atoms. The minimum atomic E-state index is -0.224. The fourth-order valence-electron chi connectivity index (χ4n) is 1.98. The van der Waals surface area contributed by atoms with Gasteiger partial charge in [0.2, 0.25) is 0 Å². The van der Waals surface area contributed by atoms with Crippen LogP contribution in [-0.2, 0) is 0 Å². The summed E-state index contributed by atoms with van der Waals surface area (Å²) < 4.78 is 4.99. The van der Waals surface area contributed by atoms with Crippen LogP contribution in [0.2, 0.25) is 0 Å². The fourth-order valence-corrected chi connectivity index (χ4v) is 1.98. The van der Waals surface area contributed by atoms with Gasteiger partial charge in [-0.2, -0.15) is 5.26 Å². The molecule has 0 unspecified atom stereocenters. The van der Waals surface area contributed by atoms with Crippen LogP contribution in [0.5, 0.6) is 11.5 Å². The first-order valence-electron chi connectivity index (χ1n) is 6.22. The van der Waals surface area contributed by atoms with Crippen molar-refractivity contribution in [2.45, 2.75) is 25.3 Å². The Bertz CT molecular complexity index is 518. The first-order valence-corrected chi connectivity index (χ1v) is 6.22. The highest BCUT2D eigenvalue weighted by atomic mass is 16.5. The van der Waals surface area contributed by atoms with Gasteiger partial charge in [0.15, 0.2) is 0 Å². The molecule has 1 aromatic carbocycles. The summed E-state index contributed by atoms with van der Waals surface area (Å²) >= 11 is 0. The summed E-state index contributed by atoms with van der Waals surface area (Å²) in [6, 6.07) is 6.87. The molecule has 100 valence electrons. The number of nitriles is 1. The van der Waals surface area contributed by atoms with Crippen LogP contribution in [0.15, 0.2) is 18.2 Å². The molecule has 0 spiro atoms. The van der Waals surface area contributed by atoms with E-state index in [0.29, 0.717) is 18.7 Å². The molecule has 1 amide bonds. The second-order valence-electron chi connectivity index (χ2n) is 4.52. The molecular weight excluding hydrogens is 244 g/mol. The molecule has 0 bridgehead atoms. The Kier molecular flexibility index (Phi) is 3.91. The van der Waals surface area contributed by atoms with Crippen molar-refractivity contribution in [1.82, 2.24) is 4.90 Å². The Morgan fingerprint density at radius 3 is 2.84 bits per heavy atom. The third-order valence-corrected chi connectivity index (χ3v) is 3.15. The molecule has 0 saturated heterocycles. The van der Waals surface area contributed by atoms with Crippen molar-refractivity contribution in [3.63, 3.8) is 0 Å². The number of hydrogen-bond donors (Lipinski definition) is 1. The maximum Gasteiger partial charge on any atom is 0.257 e. The van der Waals surface area contributed by atoms with Gasteiger partial charge in [0.1, 0.15) is 11.5 Å². The van der Waals surface area contributed by atoms with Crippen molar-refractivity contribution in [3.05, 3.63) is 23.8 Å². The van der Waals surface area contributed by atoms with Crippen molar-refractivity contribution < 1.29 is 14.6 Å². The zero-order chi connectivity index (χ0) is 13.8. The number of carbonyl (C=O) groups is 1. The standard InChI is InChI=1S/C14H16N2O3/c1-19-11-5-6-12(13(17)9-11)14(18)16(8-2-7-15)10-3-4-10/h5-6,9-10,17H,2-4,8H2,1H3. The minimum Gasteiger partial charge on any atom is -0.507 e. The molecule has 0 heterocycles. The zero-order valence-corrected chi connectivity index (χ0v) is 10.8. The lowest BCUT2D eigenvalue weighted by Crippen LogP contribution is -2.33. The van der Waals surface area contributed by atoms with Crippen molar-refractivity contribution in [2.75, 3.05) is 13.7 Å². The van der Waals surface area contributed by atoms with Crippen LogP contribution in [-0.4, -0.2) is 35.6 Å². The number of phenolic OH excluding ortho intramolecular Hbond substituents is 1. The quantitative estimate of drug-likeness (QED) is 0.877. The predicted octanol–water partition coefficient (Wildman–Crippen LogP) is 1.92. The molecule has 1 aromatic rings. The number of hydrogen-bond acceptors (Lipinski definition) is 4. The summed E-state index contributed by atoms with van der Waals surface area (Å²) in [5.41, 5.74) is 0.255. The Balaban J connectivity index is 2.19. The van der Waals surface area contributed by atoms with Crippen LogP contribution < -0.4 is 4.74 Å². The topological polar surface area (TPSA) is 73.6 Å². The van der Waals surface area contributed by atoms with Gasteiger partial charge in [-0.1, -0.05) is 0 Å². The van der Waals surface area contributed by atoms with Crippen LogP contribution in [0.3, 0.4) is 0 Å². The first-order chi connectivity index (χ1) is 9.17. The number of aromatic hydroxyl groups is 1. The molecule has 1 saturated carbocycles. The van der Waals surface area contributed by atoms with E-state index < -0.39 is 0 Å². The smallest absolute Gasteiger partial charge is 0.257 e. The first kappa shape index (κ1) is 13.2. The summed E-state index contributed by atoms with van der Waals surface area (Å²) in [7, 11) is 1.50. The van der Waals surface area contributed by atoms with E-state index in [9.17, 15) is 9.90 Å². The molecule has 5 heteroatoms. The average molecular weight is 260 g/mol. The Hall–Kier alpha value is -2.22.